The van der Waals surface area contributed by atoms with Crippen LogP contribution >= 0.6 is 0 Å². The number of carbonyl (C=O) groups is 2. The number of rotatable bonds is 8. The Kier molecular flexibility index (Phi) is 7.59. The fraction of sp³-hybridized carbons (Fsp3) is 0.241. The van der Waals surface area contributed by atoms with Gasteiger partial charge in [-0.25, -0.2) is 9.59 Å². The zero-order valence-corrected chi connectivity index (χ0v) is 20.9. The van der Waals surface area contributed by atoms with Crippen molar-refractivity contribution in [3.8, 4) is 11.5 Å². The topological polar surface area (TPSA) is 85.9 Å². The van der Waals surface area contributed by atoms with E-state index in [9.17, 15) is 9.59 Å². The number of methoxy groups -OCH3 is 1. The highest BCUT2D eigenvalue weighted by atomic mass is 16.5. The van der Waals surface area contributed by atoms with Gasteiger partial charge in [0.15, 0.2) is 0 Å². The predicted molar refractivity (Wildman–Crippen MR) is 138 cm³/mol. The largest absolute Gasteiger partial charge is 0.497 e. The van der Waals surface area contributed by atoms with Gasteiger partial charge in [-0.05, 0) is 79.4 Å². The van der Waals surface area contributed by atoms with Crippen molar-refractivity contribution in [2.24, 2.45) is 0 Å². The summed E-state index contributed by atoms with van der Waals surface area (Å²) in [6.45, 7) is 6.46. The van der Waals surface area contributed by atoms with Crippen LogP contribution in [0.25, 0.3) is 5.70 Å². The number of nitrogens with one attached hydrogen (secondary N) is 2. The molecular formula is C29H30N2O5. The zero-order valence-electron chi connectivity index (χ0n) is 20.9. The minimum absolute atomic E-state index is 0.206. The van der Waals surface area contributed by atoms with E-state index in [1.165, 1.54) is 5.56 Å². The van der Waals surface area contributed by atoms with E-state index in [-0.39, 0.29) is 6.61 Å². The van der Waals surface area contributed by atoms with Crippen LogP contribution < -0.4 is 20.1 Å². The Bertz CT molecular complexity index is 1300. The molecule has 0 saturated heterocycles. The van der Waals surface area contributed by atoms with Crippen LogP contribution in [-0.4, -0.2) is 25.7 Å². The molecule has 3 aromatic carbocycles. The van der Waals surface area contributed by atoms with Crippen molar-refractivity contribution in [2.45, 2.75) is 33.4 Å². The van der Waals surface area contributed by atoms with Crippen LogP contribution in [0.2, 0.25) is 0 Å². The van der Waals surface area contributed by atoms with Gasteiger partial charge in [-0.3, -0.25) is 0 Å². The van der Waals surface area contributed by atoms with Gasteiger partial charge in [0.1, 0.15) is 18.1 Å². The number of benzene rings is 3. The summed E-state index contributed by atoms with van der Waals surface area (Å²) in [5.41, 5.74) is 5.50. The van der Waals surface area contributed by atoms with Crippen LogP contribution in [0.4, 0.5) is 4.79 Å². The van der Waals surface area contributed by atoms with E-state index in [0.29, 0.717) is 40.5 Å². The smallest absolute Gasteiger partial charge is 0.338 e. The second-order valence-corrected chi connectivity index (χ2v) is 8.56. The lowest BCUT2D eigenvalue weighted by atomic mass is 9.92. The van der Waals surface area contributed by atoms with Crippen molar-refractivity contribution >= 4 is 17.7 Å². The highest BCUT2D eigenvalue weighted by Crippen LogP contribution is 2.34. The lowest BCUT2D eigenvalue weighted by Crippen LogP contribution is -2.45. The van der Waals surface area contributed by atoms with Crippen molar-refractivity contribution in [3.63, 3.8) is 0 Å². The number of amides is 2. The number of hydrogen-bond acceptors (Lipinski definition) is 5. The van der Waals surface area contributed by atoms with E-state index < -0.39 is 18.0 Å². The molecule has 1 aliphatic rings. The summed E-state index contributed by atoms with van der Waals surface area (Å²) in [5, 5.41) is 5.66. The molecule has 3 aromatic rings. The van der Waals surface area contributed by atoms with Gasteiger partial charge in [-0.15, -0.1) is 0 Å². The molecule has 0 fully saturated rings. The van der Waals surface area contributed by atoms with Crippen LogP contribution in [0.5, 0.6) is 11.5 Å². The fourth-order valence-electron chi connectivity index (χ4n) is 4.13. The lowest BCUT2D eigenvalue weighted by molar-refractivity contribution is -0.138. The molecule has 0 aromatic heterocycles. The zero-order chi connectivity index (χ0) is 25.7. The van der Waals surface area contributed by atoms with E-state index in [2.05, 4.69) is 35.8 Å². The van der Waals surface area contributed by atoms with Crippen LogP contribution in [0.1, 0.15) is 40.8 Å². The molecule has 7 nitrogen and oxygen atoms in total. The molecule has 7 heteroatoms. The summed E-state index contributed by atoms with van der Waals surface area (Å²) in [5.74, 6) is 0.792. The molecule has 36 heavy (non-hydrogen) atoms. The highest BCUT2D eigenvalue weighted by molar-refractivity contribution is 6.04. The Labute approximate surface area is 211 Å². The van der Waals surface area contributed by atoms with E-state index in [1.54, 1.807) is 38.3 Å². The molecule has 1 aliphatic heterocycles. The van der Waals surface area contributed by atoms with Gasteiger partial charge >= 0.3 is 12.0 Å². The Hall–Kier alpha value is -4.26. The number of esters is 1. The SMILES string of the molecule is CCOC(=O)C1=C(c2ccc(OC)cc2)NC(=O)NC1c1cccc(OCc2cc(C)ccc2C)c1. The standard InChI is InChI=1S/C29H30N2O5/c1-5-35-28(32)25-26(20-11-13-23(34-4)14-12-20)30-29(33)31-27(25)21-7-6-8-24(16-21)36-17-22-15-18(2)9-10-19(22)3/h6-16,27H,5,17H2,1-4H3,(H2,30,31,33). The van der Waals surface area contributed by atoms with Crippen molar-refractivity contribution in [3.05, 3.63) is 100 Å². The van der Waals surface area contributed by atoms with Gasteiger partial charge in [0.05, 0.1) is 31.0 Å². The summed E-state index contributed by atoms with van der Waals surface area (Å²) in [4.78, 5) is 25.8. The summed E-state index contributed by atoms with van der Waals surface area (Å²) in [6, 6.07) is 19.6. The monoisotopic (exact) mass is 486 g/mol. The van der Waals surface area contributed by atoms with Crippen molar-refractivity contribution in [1.29, 1.82) is 0 Å². The van der Waals surface area contributed by atoms with Gasteiger partial charge in [0.2, 0.25) is 0 Å². The molecule has 4 rings (SSSR count). The van der Waals surface area contributed by atoms with Gasteiger partial charge in [-0.2, -0.15) is 0 Å². The summed E-state index contributed by atoms with van der Waals surface area (Å²) < 4.78 is 16.7. The van der Waals surface area contributed by atoms with Gasteiger partial charge in [0, 0.05) is 0 Å². The number of carbonyl (C=O) groups excluding carboxylic acids is 2. The molecule has 0 spiro atoms. The third-order valence-corrected chi connectivity index (χ3v) is 6.04. The first kappa shape index (κ1) is 24.9. The first-order chi connectivity index (χ1) is 17.4. The van der Waals surface area contributed by atoms with Gasteiger partial charge in [0.25, 0.3) is 0 Å². The quantitative estimate of drug-likeness (QED) is 0.427. The second-order valence-electron chi connectivity index (χ2n) is 8.56. The minimum atomic E-state index is -0.723. The maximum absolute atomic E-state index is 13.1. The number of aryl methyl sites for hydroxylation is 2. The van der Waals surface area contributed by atoms with Crippen molar-refractivity contribution in [2.75, 3.05) is 13.7 Å². The van der Waals surface area contributed by atoms with Crippen molar-refractivity contribution < 1.29 is 23.8 Å². The van der Waals surface area contributed by atoms with Gasteiger partial charge in [-0.1, -0.05) is 35.9 Å². The normalized spacial score (nSPS) is 15.1. The molecule has 1 heterocycles. The fourth-order valence-corrected chi connectivity index (χ4v) is 4.13. The average molecular weight is 487 g/mol. The number of urea groups is 1. The lowest BCUT2D eigenvalue weighted by Gasteiger charge is -2.29. The maximum atomic E-state index is 13.1. The van der Waals surface area contributed by atoms with Crippen molar-refractivity contribution in [1.82, 2.24) is 10.6 Å². The molecule has 1 unspecified atom stereocenters. The van der Waals surface area contributed by atoms with Gasteiger partial charge < -0.3 is 24.8 Å². The Morgan fingerprint density at radius 2 is 1.75 bits per heavy atom. The van der Waals surface area contributed by atoms with Crippen LogP contribution in [0, 0.1) is 13.8 Å². The Balaban J connectivity index is 1.70. The third-order valence-electron chi connectivity index (χ3n) is 6.04. The molecule has 0 radical (unpaired) electrons. The van der Waals surface area contributed by atoms with E-state index in [1.807, 2.05) is 31.2 Å². The first-order valence-corrected chi connectivity index (χ1v) is 11.8. The van der Waals surface area contributed by atoms with Crippen LogP contribution in [0.3, 0.4) is 0 Å². The molecule has 0 saturated carbocycles. The minimum Gasteiger partial charge on any atom is -0.497 e. The van der Waals surface area contributed by atoms with E-state index in [0.717, 1.165) is 11.1 Å². The van der Waals surface area contributed by atoms with E-state index in [4.69, 9.17) is 14.2 Å². The Morgan fingerprint density at radius 3 is 2.47 bits per heavy atom. The molecule has 2 amide bonds. The Morgan fingerprint density at radius 1 is 0.972 bits per heavy atom. The molecular weight excluding hydrogens is 456 g/mol. The molecule has 186 valence electrons. The van der Waals surface area contributed by atoms with E-state index >= 15 is 0 Å². The number of ether oxygens (including phenoxy) is 3. The summed E-state index contributed by atoms with van der Waals surface area (Å²) >= 11 is 0. The summed E-state index contributed by atoms with van der Waals surface area (Å²) in [6.07, 6.45) is 0. The second kappa shape index (κ2) is 11.0. The molecule has 0 bridgehead atoms. The molecule has 2 N–H and O–H groups in total. The van der Waals surface area contributed by atoms with Crippen LogP contribution in [-0.2, 0) is 16.1 Å². The third kappa shape index (κ3) is 5.51. The predicted octanol–water partition coefficient (Wildman–Crippen LogP) is 5.22. The molecule has 1 atom stereocenters. The number of hydrogen-bond donors (Lipinski definition) is 2. The average Bonchev–Trinajstić information content (AvgIpc) is 2.89. The summed E-state index contributed by atoms with van der Waals surface area (Å²) in [7, 11) is 1.58. The molecule has 0 aliphatic carbocycles. The highest BCUT2D eigenvalue weighted by Gasteiger charge is 2.34. The first-order valence-electron chi connectivity index (χ1n) is 11.8. The van der Waals surface area contributed by atoms with Crippen LogP contribution in [0.15, 0.2) is 72.3 Å². The maximum Gasteiger partial charge on any atom is 0.338 e.